The molecule has 0 fully saturated rings. The van der Waals surface area contributed by atoms with Gasteiger partial charge in [0.15, 0.2) is 0 Å². The Labute approximate surface area is 366 Å². The van der Waals surface area contributed by atoms with E-state index in [1.807, 2.05) is 12.1 Å². The van der Waals surface area contributed by atoms with E-state index in [9.17, 15) is 0 Å². The van der Waals surface area contributed by atoms with E-state index in [0.717, 1.165) is 66.9 Å². The van der Waals surface area contributed by atoms with Crippen molar-refractivity contribution in [2.45, 2.75) is 0 Å². The molecule has 0 aliphatic carbocycles. The molecule has 0 unspecified atom stereocenters. The van der Waals surface area contributed by atoms with Gasteiger partial charge in [0, 0.05) is 49.7 Å². The average molecular weight is 805 g/mol. The fourth-order valence-corrected chi connectivity index (χ4v) is 9.41. The van der Waals surface area contributed by atoms with E-state index >= 15 is 0 Å². The van der Waals surface area contributed by atoms with Crippen LogP contribution in [0.4, 0.5) is 17.1 Å². The third kappa shape index (κ3) is 6.38. The summed E-state index contributed by atoms with van der Waals surface area (Å²) in [6.07, 6.45) is 0. The van der Waals surface area contributed by atoms with Crippen LogP contribution in [0.15, 0.2) is 247 Å². The third-order valence-electron chi connectivity index (χ3n) is 12.4. The van der Waals surface area contributed by atoms with Gasteiger partial charge in [0.2, 0.25) is 0 Å². The quantitative estimate of drug-likeness (QED) is 0.153. The number of hydrogen-bond donors (Lipinski definition) is 0. The van der Waals surface area contributed by atoms with E-state index in [2.05, 4.69) is 240 Å². The normalized spacial score (nSPS) is 11.5. The van der Waals surface area contributed by atoms with Crippen LogP contribution in [0.3, 0.4) is 0 Å². The van der Waals surface area contributed by atoms with Crippen molar-refractivity contribution in [3.63, 3.8) is 0 Å². The minimum atomic E-state index is 0.901. The lowest BCUT2D eigenvalue weighted by molar-refractivity contribution is 0.670. The Balaban J connectivity index is 0.965. The number of rotatable bonds is 8. The van der Waals surface area contributed by atoms with Gasteiger partial charge in [0.25, 0.3) is 0 Å². The zero-order chi connectivity index (χ0) is 41.7. The van der Waals surface area contributed by atoms with Gasteiger partial charge in [-0.15, -0.1) is 0 Å². The molecule has 0 N–H and O–H groups in total. The molecule has 0 radical (unpaired) electrons. The predicted octanol–water partition coefficient (Wildman–Crippen LogP) is 16.8. The van der Waals surface area contributed by atoms with Crippen molar-refractivity contribution in [3.05, 3.63) is 243 Å². The number of para-hydroxylation sites is 5. The molecular weight excluding hydrogens is 765 g/mol. The highest BCUT2D eigenvalue weighted by Crippen LogP contribution is 2.42. The molecule has 2 heterocycles. The number of nitrogens with zero attached hydrogens (tertiary/aromatic N) is 2. The standard InChI is InChI=1S/C60H40N2O/c1-2-14-41(15-3-1)42-28-30-43(31-29-42)44-32-36-47(37-33-44)61(48-38-34-45(35-39-48)51-22-13-23-55-54-21-7-11-27-59(54)63-60(51)55)49-17-12-16-46(40-49)50-18-4-8-24-56(50)62-57-25-9-5-19-52(57)53-20-6-10-26-58(53)62/h1-40H. The molecule has 63 heavy (non-hydrogen) atoms. The van der Waals surface area contributed by atoms with Crippen molar-refractivity contribution < 1.29 is 4.42 Å². The highest BCUT2D eigenvalue weighted by atomic mass is 16.3. The van der Waals surface area contributed by atoms with Gasteiger partial charge < -0.3 is 13.9 Å². The lowest BCUT2D eigenvalue weighted by Crippen LogP contribution is -2.10. The van der Waals surface area contributed by atoms with Gasteiger partial charge >= 0.3 is 0 Å². The third-order valence-corrected chi connectivity index (χ3v) is 12.4. The lowest BCUT2D eigenvalue weighted by atomic mass is 9.99. The van der Waals surface area contributed by atoms with Crippen molar-refractivity contribution in [1.82, 2.24) is 4.57 Å². The molecule has 12 rings (SSSR count). The first-order valence-electron chi connectivity index (χ1n) is 21.5. The van der Waals surface area contributed by atoms with E-state index < -0.39 is 0 Å². The predicted molar refractivity (Wildman–Crippen MR) is 264 cm³/mol. The lowest BCUT2D eigenvalue weighted by Gasteiger charge is -2.27. The maximum atomic E-state index is 6.46. The molecule has 3 nitrogen and oxygen atoms in total. The van der Waals surface area contributed by atoms with Crippen LogP contribution in [-0.2, 0) is 0 Å². The van der Waals surface area contributed by atoms with Crippen LogP contribution < -0.4 is 4.90 Å². The maximum Gasteiger partial charge on any atom is 0.143 e. The second-order valence-corrected chi connectivity index (χ2v) is 16.1. The molecule has 296 valence electrons. The summed E-state index contributed by atoms with van der Waals surface area (Å²) >= 11 is 0. The molecule has 2 aromatic heterocycles. The van der Waals surface area contributed by atoms with Crippen molar-refractivity contribution in [1.29, 1.82) is 0 Å². The summed E-state index contributed by atoms with van der Waals surface area (Å²) in [5, 5.41) is 4.76. The van der Waals surface area contributed by atoms with Gasteiger partial charge in [0.1, 0.15) is 11.2 Å². The molecule has 0 aliphatic heterocycles. The van der Waals surface area contributed by atoms with E-state index in [1.54, 1.807) is 0 Å². The number of furan rings is 1. The Hall–Kier alpha value is -8.40. The summed E-state index contributed by atoms with van der Waals surface area (Å²) in [6, 6.07) is 87.1. The molecule has 0 spiro atoms. The number of aromatic nitrogens is 1. The Morgan fingerprint density at radius 3 is 1.46 bits per heavy atom. The largest absolute Gasteiger partial charge is 0.455 e. The highest BCUT2D eigenvalue weighted by molar-refractivity contribution is 6.10. The first-order chi connectivity index (χ1) is 31.2. The molecule has 0 saturated heterocycles. The van der Waals surface area contributed by atoms with E-state index in [0.29, 0.717) is 0 Å². The number of anilines is 3. The van der Waals surface area contributed by atoms with Crippen molar-refractivity contribution in [3.8, 4) is 50.2 Å². The second kappa shape index (κ2) is 15.3. The molecule has 12 aromatic rings. The second-order valence-electron chi connectivity index (χ2n) is 16.1. The molecule has 3 heteroatoms. The van der Waals surface area contributed by atoms with Gasteiger partial charge in [-0.05, 0) is 94.0 Å². The SMILES string of the molecule is c1ccc(-c2ccc(-c3ccc(N(c4ccc(-c5cccc6c5oc5ccccc56)cc4)c4cccc(-c5ccccc5-n5c6ccccc6c6ccccc65)c4)cc3)cc2)cc1. The molecule has 0 aliphatic rings. The van der Waals surface area contributed by atoms with Gasteiger partial charge in [-0.1, -0.05) is 182 Å². The van der Waals surface area contributed by atoms with Crippen LogP contribution in [0, 0.1) is 0 Å². The van der Waals surface area contributed by atoms with Crippen LogP contribution in [0.25, 0.3) is 93.9 Å². The average Bonchev–Trinajstić information content (AvgIpc) is 3.91. The minimum absolute atomic E-state index is 0.901. The monoisotopic (exact) mass is 804 g/mol. The van der Waals surface area contributed by atoms with Gasteiger partial charge in [-0.2, -0.15) is 0 Å². The topological polar surface area (TPSA) is 21.3 Å². The van der Waals surface area contributed by atoms with Crippen LogP contribution in [0.1, 0.15) is 0 Å². The molecule has 10 aromatic carbocycles. The Morgan fingerprint density at radius 1 is 0.302 bits per heavy atom. The first-order valence-corrected chi connectivity index (χ1v) is 21.5. The molecule has 0 bridgehead atoms. The molecule has 0 amide bonds. The van der Waals surface area contributed by atoms with Crippen LogP contribution >= 0.6 is 0 Å². The van der Waals surface area contributed by atoms with Gasteiger partial charge in [-0.25, -0.2) is 0 Å². The maximum absolute atomic E-state index is 6.46. The van der Waals surface area contributed by atoms with Gasteiger partial charge in [-0.3, -0.25) is 0 Å². The summed E-state index contributed by atoms with van der Waals surface area (Å²) in [7, 11) is 0. The smallest absolute Gasteiger partial charge is 0.143 e. The first kappa shape index (κ1) is 36.5. The minimum Gasteiger partial charge on any atom is -0.455 e. The number of benzene rings is 10. The summed E-state index contributed by atoms with van der Waals surface area (Å²) in [5.41, 5.74) is 17.8. The summed E-state index contributed by atoms with van der Waals surface area (Å²) < 4.78 is 8.87. The Morgan fingerprint density at radius 2 is 0.778 bits per heavy atom. The zero-order valence-corrected chi connectivity index (χ0v) is 34.4. The summed E-state index contributed by atoms with van der Waals surface area (Å²) in [5.74, 6) is 0. The van der Waals surface area contributed by atoms with Crippen LogP contribution in [-0.4, -0.2) is 4.57 Å². The molecule has 0 atom stereocenters. The number of hydrogen-bond acceptors (Lipinski definition) is 2. The summed E-state index contributed by atoms with van der Waals surface area (Å²) in [6.45, 7) is 0. The van der Waals surface area contributed by atoms with Gasteiger partial charge in [0.05, 0.1) is 16.7 Å². The van der Waals surface area contributed by atoms with Crippen molar-refractivity contribution in [2.24, 2.45) is 0 Å². The fourth-order valence-electron chi connectivity index (χ4n) is 9.41. The van der Waals surface area contributed by atoms with Crippen molar-refractivity contribution in [2.75, 3.05) is 4.90 Å². The Bertz CT molecular complexity index is 3550. The van der Waals surface area contributed by atoms with Crippen LogP contribution in [0.2, 0.25) is 0 Å². The summed E-state index contributed by atoms with van der Waals surface area (Å²) in [4.78, 5) is 2.36. The molecule has 0 saturated carbocycles. The van der Waals surface area contributed by atoms with E-state index in [-0.39, 0.29) is 0 Å². The van der Waals surface area contributed by atoms with E-state index in [4.69, 9.17) is 4.42 Å². The highest BCUT2D eigenvalue weighted by Gasteiger charge is 2.19. The zero-order valence-electron chi connectivity index (χ0n) is 34.4. The number of fused-ring (bicyclic) bond motifs is 6. The van der Waals surface area contributed by atoms with E-state index in [1.165, 1.54) is 44.1 Å². The van der Waals surface area contributed by atoms with Crippen LogP contribution in [0.5, 0.6) is 0 Å². The fraction of sp³-hybridized carbons (Fsp3) is 0. The Kier molecular flexibility index (Phi) is 8.83. The van der Waals surface area contributed by atoms with Crippen molar-refractivity contribution >= 4 is 60.8 Å². The molecular formula is C60H40N2O.